The van der Waals surface area contributed by atoms with Crippen LogP contribution in [0.2, 0.25) is 0 Å². The zero-order valence-corrected chi connectivity index (χ0v) is 12.9. The molecule has 1 aliphatic carbocycles. The number of aryl methyl sites for hydroxylation is 1. The molecule has 1 N–H and O–H groups in total. The minimum absolute atomic E-state index is 0.131. The standard InChI is InChI=1S/C17H24N2O/c1-12-5-7-14(8-6-12)16(20)19-18-15-9-13(2)10-17(3,4)11-15/h5-8,13H,9-11H2,1-4H3,(H,19,20)/b18-15-/t13-/m0/s1. The van der Waals surface area contributed by atoms with E-state index in [0.29, 0.717) is 11.5 Å². The molecule has 1 aromatic rings. The van der Waals surface area contributed by atoms with Crippen molar-refractivity contribution in [1.82, 2.24) is 5.43 Å². The average molecular weight is 272 g/mol. The molecular formula is C17H24N2O. The van der Waals surface area contributed by atoms with Crippen molar-refractivity contribution in [2.24, 2.45) is 16.4 Å². The van der Waals surface area contributed by atoms with Crippen LogP contribution in [0, 0.1) is 18.3 Å². The number of hydrogen-bond acceptors (Lipinski definition) is 2. The fourth-order valence-corrected chi connectivity index (χ4v) is 3.10. The summed E-state index contributed by atoms with van der Waals surface area (Å²) in [6, 6.07) is 7.54. The van der Waals surface area contributed by atoms with Crippen LogP contribution in [0.1, 0.15) is 56.0 Å². The molecule has 0 unspecified atom stereocenters. The van der Waals surface area contributed by atoms with Crippen molar-refractivity contribution in [2.75, 3.05) is 0 Å². The molecule has 1 amide bonds. The molecule has 108 valence electrons. The van der Waals surface area contributed by atoms with Crippen molar-refractivity contribution >= 4 is 11.6 Å². The van der Waals surface area contributed by atoms with Crippen molar-refractivity contribution < 1.29 is 4.79 Å². The van der Waals surface area contributed by atoms with E-state index >= 15 is 0 Å². The predicted octanol–water partition coefficient (Wildman–Crippen LogP) is 3.93. The number of amides is 1. The van der Waals surface area contributed by atoms with Crippen molar-refractivity contribution in [2.45, 2.75) is 47.0 Å². The normalized spacial score (nSPS) is 23.6. The zero-order valence-electron chi connectivity index (χ0n) is 12.9. The molecular weight excluding hydrogens is 248 g/mol. The lowest BCUT2D eigenvalue weighted by atomic mass is 9.72. The molecule has 0 spiro atoms. The molecule has 1 aliphatic rings. The molecule has 0 saturated heterocycles. The van der Waals surface area contributed by atoms with E-state index in [1.165, 1.54) is 6.42 Å². The maximum atomic E-state index is 12.0. The van der Waals surface area contributed by atoms with Crippen molar-refractivity contribution in [1.29, 1.82) is 0 Å². The Morgan fingerprint density at radius 3 is 2.55 bits per heavy atom. The number of carbonyl (C=O) groups is 1. The van der Waals surface area contributed by atoms with E-state index < -0.39 is 0 Å². The number of hydrogen-bond donors (Lipinski definition) is 1. The molecule has 3 heteroatoms. The average Bonchev–Trinajstić information content (AvgIpc) is 2.34. The predicted molar refractivity (Wildman–Crippen MR) is 82.9 cm³/mol. The summed E-state index contributed by atoms with van der Waals surface area (Å²) in [5.74, 6) is 0.502. The van der Waals surface area contributed by atoms with Gasteiger partial charge in [0, 0.05) is 11.3 Å². The molecule has 1 aromatic carbocycles. The summed E-state index contributed by atoms with van der Waals surface area (Å²) in [4.78, 5) is 12.0. The second-order valence-electron chi connectivity index (χ2n) is 6.84. The zero-order chi connectivity index (χ0) is 14.8. The van der Waals surface area contributed by atoms with Gasteiger partial charge in [0.05, 0.1) is 0 Å². The van der Waals surface area contributed by atoms with Gasteiger partial charge in [0.2, 0.25) is 0 Å². The van der Waals surface area contributed by atoms with Crippen LogP contribution in [0.25, 0.3) is 0 Å². The Hall–Kier alpha value is -1.64. The van der Waals surface area contributed by atoms with E-state index in [-0.39, 0.29) is 11.3 Å². The van der Waals surface area contributed by atoms with Gasteiger partial charge in [-0.3, -0.25) is 4.79 Å². The van der Waals surface area contributed by atoms with Crippen molar-refractivity contribution in [3.05, 3.63) is 35.4 Å². The van der Waals surface area contributed by atoms with Crippen LogP contribution in [0.3, 0.4) is 0 Å². The molecule has 1 atom stereocenters. The minimum atomic E-state index is -0.131. The first-order chi connectivity index (χ1) is 9.35. The van der Waals surface area contributed by atoms with Gasteiger partial charge in [-0.1, -0.05) is 38.5 Å². The Labute approximate surface area is 121 Å². The Balaban J connectivity index is 2.01. The molecule has 20 heavy (non-hydrogen) atoms. The Morgan fingerprint density at radius 1 is 1.30 bits per heavy atom. The van der Waals surface area contributed by atoms with Gasteiger partial charge in [0.25, 0.3) is 5.91 Å². The molecule has 0 radical (unpaired) electrons. The third-order valence-electron chi connectivity index (χ3n) is 3.80. The van der Waals surface area contributed by atoms with Gasteiger partial charge < -0.3 is 0 Å². The first-order valence-corrected chi connectivity index (χ1v) is 7.28. The van der Waals surface area contributed by atoms with Crippen LogP contribution in [0.5, 0.6) is 0 Å². The Kier molecular flexibility index (Phi) is 4.26. The summed E-state index contributed by atoms with van der Waals surface area (Å²) in [6.07, 6.45) is 3.17. The molecule has 0 aliphatic heterocycles. The first-order valence-electron chi connectivity index (χ1n) is 7.28. The number of nitrogens with zero attached hydrogens (tertiary/aromatic N) is 1. The van der Waals surface area contributed by atoms with Gasteiger partial charge in [-0.05, 0) is 49.7 Å². The number of benzene rings is 1. The summed E-state index contributed by atoms with van der Waals surface area (Å²) in [5.41, 5.74) is 5.89. The molecule has 0 aromatic heterocycles. The SMILES string of the molecule is Cc1ccc(C(=O)N/N=C2/C[C@H](C)CC(C)(C)C2)cc1. The highest BCUT2D eigenvalue weighted by Crippen LogP contribution is 2.36. The highest BCUT2D eigenvalue weighted by atomic mass is 16.2. The summed E-state index contributed by atoms with van der Waals surface area (Å²) >= 11 is 0. The van der Waals surface area contributed by atoms with E-state index in [2.05, 4.69) is 31.3 Å². The van der Waals surface area contributed by atoms with Gasteiger partial charge >= 0.3 is 0 Å². The van der Waals surface area contributed by atoms with Crippen molar-refractivity contribution in [3.63, 3.8) is 0 Å². The van der Waals surface area contributed by atoms with E-state index in [4.69, 9.17) is 0 Å². The quantitative estimate of drug-likeness (QED) is 0.814. The highest BCUT2D eigenvalue weighted by Gasteiger charge is 2.29. The molecule has 3 nitrogen and oxygen atoms in total. The van der Waals surface area contributed by atoms with Gasteiger partial charge in [-0.2, -0.15) is 5.10 Å². The molecule has 0 bridgehead atoms. The maximum Gasteiger partial charge on any atom is 0.271 e. The third kappa shape index (κ3) is 3.92. The lowest BCUT2D eigenvalue weighted by Crippen LogP contribution is -2.30. The lowest BCUT2D eigenvalue weighted by Gasteiger charge is -2.34. The first kappa shape index (κ1) is 14.8. The molecule has 1 fully saturated rings. The van der Waals surface area contributed by atoms with E-state index in [1.807, 2.05) is 31.2 Å². The fourth-order valence-electron chi connectivity index (χ4n) is 3.10. The van der Waals surface area contributed by atoms with Crippen LogP contribution < -0.4 is 5.43 Å². The number of hydrazone groups is 1. The van der Waals surface area contributed by atoms with Gasteiger partial charge in [-0.25, -0.2) is 5.43 Å². The Bertz CT molecular complexity index is 514. The molecule has 2 rings (SSSR count). The van der Waals surface area contributed by atoms with Crippen LogP contribution in [0.4, 0.5) is 0 Å². The summed E-state index contributed by atoms with van der Waals surface area (Å²) < 4.78 is 0. The molecule has 0 heterocycles. The second-order valence-corrected chi connectivity index (χ2v) is 6.84. The van der Waals surface area contributed by atoms with E-state index in [9.17, 15) is 4.79 Å². The highest BCUT2D eigenvalue weighted by molar-refractivity contribution is 5.95. The minimum Gasteiger partial charge on any atom is -0.267 e. The van der Waals surface area contributed by atoms with Crippen molar-refractivity contribution in [3.8, 4) is 0 Å². The maximum absolute atomic E-state index is 12.0. The van der Waals surface area contributed by atoms with E-state index in [0.717, 1.165) is 24.1 Å². The number of nitrogens with one attached hydrogen (secondary N) is 1. The van der Waals surface area contributed by atoms with Gasteiger partial charge in [0.15, 0.2) is 0 Å². The van der Waals surface area contributed by atoms with Crippen LogP contribution in [-0.4, -0.2) is 11.6 Å². The smallest absolute Gasteiger partial charge is 0.267 e. The van der Waals surface area contributed by atoms with Crippen LogP contribution >= 0.6 is 0 Å². The van der Waals surface area contributed by atoms with Crippen LogP contribution in [-0.2, 0) is 0 Å². The van der Waals surface area contributed by atoms with Gasteiger partial charge in [0.1, 0.15) is 0 Å². The third-order valence-corrected chi connectivity index (χ3v) is 3.80. The summed E-state index contributed by atoms with van der Waals surface area (Å²) in [5, 5.41) is 4.35. The Morgan fingerprint density at radius 2 is 1.95 bits per heavy atom. The number of rotatable bonds is 2. The summed E-state index contributed by atoms with van der Waals surface area (Å²) in [6.45, 7) is 8.78. The topological polar surface area (TPSA) is 41.5 Å². The fraction of sp³-hybridized carbons (Fsp3) is 0.529. The van der Waals surface area contributed by atoms with E-state index in [1.54, 1.807) is 0 Å². The monoisotopic (exact) mass is 272 g/mol. The number of carbonyl (C=O) groups excluding carboxylic acids is 1. The van der Waals surface area contributed by atoms with Crippen LogP contribution in [0.15, 0.2) is 29.4 Å². The molecule has 1 saturated carbocycles. The van der Waals surface area contributed by atoms with Gasteiger partial charge in [-0.15, -0.1) is 0 Å². The summed E-state index contributed by atoms with van der Waals surface area (Å²) in [7, 11) is 0. The second kappa shape index (κ2) is 5.78. The lowest BCUT2D eigenvalue weighted by molar-refractivity contribution is 0.0954. The largest absolute Gasteiger partial charge is 0.271 e.